The van der Waals surface area contributed by atoms with Crippen molar-refractivity contribution < 1.29 is 0 Å². The SMILES string of the molecule is c1ccc(-c2nc(-c3ccccc3)nc(-c3cc(-c4ccc5c(c4)C4(CCCCC4)c4ccccc4-5)ccn3)n2)cc1. The molecular formula is C38H30N4. The Hall–Kier alpha value is -4.96. The van der Waals surface area contributed by atoms with Crippen molar-refractivity contribution in [2.75, 3.05) is 0 Å². The number of hydrogen-bond acceptors (Lipinski definition) is 4. The first-order valence-electron chi connectivity index (χ1n) is 14.9. The third kappa shape index (κ3) is 4.14. The minimum Gasteiger partial charge on any atom is -0.253 e. The predicted octanol–water partition coefficient (Wildman–Crippen LogP) is 9.17. The summed E-state index contributed by atoms with van der Waals surface area (Å²) in [6.07, 6.45) is 8.20. The van der Waals surface area contributed by atoms with Crippen molar-refractivity contribution >= 4 is 0 Å². The largest absolute Gasteiger partial charge is 0.253 e. The summed E-state index contributed by atoms with van der Waals surface area (Å²) in [4.78, 5) is 19.4. The normalized spacial score (nSPS) is 14.9. The molecule has 2 aromatic heterocycles. The highest BCUT2D eigenvalue weighted by molar-refractivity contribution is 5.84. The van der Waals surface area contributed by atoms with Gasteiger partial charge in [0.25, 0.3) is 0 Å². The van der Waals surface area contributed by atoms with E-state index in [1.807, 2.05) is 66.9 Å². The predicted molar refractivity (Wildman–Crippen MR) is 169 cm³/mol. The molecule has 0 bridgehead atoms. The highest BCUT2D eigenvalue weighted by Crippen LogP contribution is 2.56. The first kappa shape index (κ1) is 24.8. The third-order valence-corrected chi connectivity index (χ3v) is 9.00. The fourth-order valence-electron chi connectivity index (χ4n) is 6.98. The Morgan fingerprint density at radius 1 is 0.452 bits per heavy atom. The van der Waals surface area contributed by atoms with Gasteiger partial charge < -0.3 is 0 Å². The highest BCUT2D eigenvalue weighted by atomic mass is 15.0. The summed E-state index contributed by atoms with van der Waals surface area (Å²) < 4.78 is 0. The summed E-state index contributed by atoms with van der Waals surface area (Å²) in [5.41, 5.74) is 10.9. The summed E-state index contributed by atoms with van der Waals surface area (Å²) >= 11 is 0. The van der Waals surface area contributed by atoms with E-state index >= 15 is 0 Å². The molecule has 4 aromatic carbocycles. The minimum atomic E-state index is 0.124. The Labute approximate surface area is 246 Å². The highest BCUT2D eigenvalue weighted by Gasteiger charge is 2.43. The third-order valence-electron chi connectivity index (χ3n) is 9.00. The van der Waals surface area contributed by atoms with Crippen molar-refractivity contribution in [3.05, 3.63) is 133 Å². The van der Waals surface area contributed by atoms with Crippen LogP contribution in [0.5, 0.6) is 0 Å². The van der Waals surface area contributed by atoms with Gasteiger partial charge in [-0.2, -0.15) is 0 Å². The second-order valence-electron chi connectivity index (χ2n) is 11.4. The Kier molecular flexibility index (Phi) is 5.99. The molecule has 2 heterocycles. The van der Waals surface area contributed by atoms with E-state index in [0.29, 0.717) is 17.5 Å². The zero-order chi connectivity index (χ0) is 27.9. The molecule has 8 rings (SSSR count). The second kappa shape index (κ2) is 10.1. The van der Waals surface area contributed by atoms with Crippen LogP contribution in [0.15, 0.2) is 121 Å². The lowest BCUT2D eigenvalue weighted by molar-refractivity contribution is 0.353. The van der Waals surface area contributed by atoms with Crippen LogP contribution >= 0.6 is 0 Å². The molecule has 0 aliphatic heterocycles. The molecule has 4 heteroatoms. The maximum absolute atomic E-state index is 4.90. The molecule has 0 saturated heterocycles. The van der Waals surface area contributed by atoms with Gasteiger partial charge in [-0.05, 0) is 64.4 Å². The van der Waals surface area contributed by atoms with E-state index in [2.05, 4.69) is 54.6 Å². The lowest BCUT2D eigenvalue weighted by Crippen LogP contribution is -2.28. The van der Waals surface area contributed by atoms with Gasteiger partial charge in [-0.3, -0.25) is 4.98 Å². The van der Waals surface area contributed by atoms with Crippen molar-refractivity contribution in [1.29, 1.82) is 0 Å². The molecule has 1 saturated carbocycles. The minimum absolute atomic E-state index is 0.124. The summed E-state index contributed by atoms with van der Waals surface area (Å²) in [5, 5.41) is 0. The van der Waals surface area contributed by atoms with E-state index in [-0.39, 0.29) is 5.41 Å². The number of aromatic nitrogens is 4. The average molecular weight is 543 g/mol. The van der Waals surface area contributed by atoms with Crippen molar-refractivity contribution in [2.24, 2.45) is 0 Å². The van der Waals surface area contributed by atoms with E-state index in [0.717, 1.165) is 22.4 Å². The zero-order valence-corrected chi connectivity index (χ0v) is 23.4. The number of rotatable bonds is 4. The van der Waals surface area contributed by atoms with Crippen molar-refractivity contribution in [3.63, 3.8) is 0 Å². The van der Waals surface area contributed by atoms with Crippen LogP contribution in [-0.2, 0) is 5.41 Å². The zero-order valence-electron chi connectivity index (χ0n) is 23.4. The van der Waals surface area contributed by atoms with Gasteiger partial charge in [0.15, 0.2) is 17.5 Å². The molecule has 4 nitrogen and oxygen atoms in total. The van der Waals surface area contributed by atoms with Crippen molar-refractivity contribution in [3.8, 4) is 56.5 Å². The van der Waals surface area contributed by atoms with Crippen LogP contribution < -0.4 is 0 Å². The van der Waals surface area contributed by atoms with Crippen LogP contribution in [0.1, 0.15) is 43.2 Å². The van der Waals surface area contributed by atoms with Crippen LogP contribution in [0, 0.1) is 0 Å². The molecule has 0 radical (unpaired) electrons. The number of benzene rings is 4. The van der Waals surface area contributed by atoms with E-state index in [1.165, 1.54) is 59.9 Å². The molecule has 42 heavy (non-hydrogen) atoms. The van der Waals surface area contributed by atoms with Crippen LogP contribution in [0.4, 0.5) is 0 Å². The maximum Gasteiger partial charge on any atom is 0.182 e. The molecule has 0 N–H and O–H groups in total. The number of hydrogen-bond donors (Lipinski definition) is 0. The standard InChI is InChI=1S/C38H30N4/c1-4-12-26(13-5-1)35-40-36(27-14-6-2-7-15-27)42-37(41-35)34-25-29(20-23-39-34)28-18-19-31-30-16-8-9-17-32(30)38(33(31)24-28)21-10-3-11-22-38/h1-2,4-9,12-20,23-25H,3,10-11,21-22H2. The van der Waals surface area contributed by atoms with Gasteiger partial charge >= 0.3 is 0 Å². The first-order chi connectivity index (χ1) is 20.8. The average Bonchev–Trinajstić information content (AvgIpc) is 3.34. The quantitative estimate of drug-likeness (QED) is 0.223. The van der Waals surface area contributed by atoms with Crippen LogP contribution in [0.25, 0.3) is 56.5 Å². The molecule has 6 aromatic rings. The second-order valence-corrected chi connectivity index (χ2v) is 11.4. The molecule has 0 unspecified atom stereocenters. The van der Waals surface area contributed by atoms with E-state index < -0.39 is 0 Å². The van der Waals surface area contributed by atoms with E-state index in [4.69, 9.17) is 19.9 Å². The Morgan fingerprint density at radius 2 is 1.05 bits per heavy atom. The van der Waals surface area contributed by atoms with E-state index in [9.17, 15) is 0 Å². The molecule has 202 valence electrons. The fourth-order valence-corrected chi connectivity index (χ4v) is 6.98. The van der Waals surface area contributed by atoms with Gasteiger partial charge in [0.1, 0.15) is 5.69 Å². The Bertz CT molecular complexity index is 1850. The topological polar surface area (TPSA) is 51.6 Å². The summed E-state index contributed by atoms with van der Waals surface area (Å²) in [5.74, 6) is 1.85. The Morgan fingerprint density at radius 3 is 1.76 bits per heavy atom. The molecule has 2 aliphatic carbocycles. The van der Waals surface area contributed by atoms with Gasteiger partial charge in [-0.25, -0.2) is 15.0 Å². The van der Waals surface area contributed by atoms with Gasteiger partial charge in [0.2, 0.25) is 0 Å². The maximum atomic E-state index is 4.90. The van der Waals surface area contributed by atoms with Crippen molar-refractivity contribution in [1.82, 2.24) is 19.9 Å². The van der Waals surface area contributed by atoms with Gasteiger partial charge in [0.05, 0.1) is 0 Å². The lowest BCUT2D eigenvalue weighted by Gasteiger charge is -2.36. The molecule has 1 spiro atoms. The van der Waals surface area contributed by atoms with Crippen LogP contribution in [0.3, 0.4) is 0 Å². The summed E-state index contributed by atoms with van der Waals surface area (Å²) in [6, 6.07) is 40.4. The summed E-state index contributed by atoms with van der Waals surface area (Å²) in [6.45, 7) is 0. The van der Waals surface area contributed by atoms with Crippen LogP contribution in [0.2, 0.25) is 0 Å². The monoisotopic (exact) mass is 542 g/mol. The Balaban J connectivity index is 1.24. The molecule has 0 atom stereocenters. The van der Waals surface area contributed by atoms with Gasteiger partial charge in [0, 0.05) is 22.7 Å². The molecule has 1 fully saturated rings. The van der Waals surface area contributed by atoms with Crippen LogP contribution in [-0.4, -0.2) is 19.9 Å². The van der Waals surface area contributed by atoms with Gasteiger partial charge in [-0.15, -0.1) is 0 Å². The summed E-state index contributed by atoms with van der Waals surface area (Å²) in [7, 11) is 0. The molecular weight excluding hydrogens is 512 g/mol. The van der Waals surface area contributed by atoms with Crippen molar-refractivity contribution in [2.45, 2.75) is 37.5 Å². The lowest BCUT2D eigenvalue weighted by atomic mass is 9.67. The molecule has 2 aliphatic rings. The van der Waals surface area contributed by atoms with Gasteiger partial charge in [-0.1, -0.05) is 116 Å². The smallest absolute Gasteiger partial charge is 0.182 e. The van der Waals surface area contributed by atoms with E-state index in [1.54, 1.807) is 0 Å². The number of nitrogens with zero attached hydrogens (tertiary/aromatic N) is 4. The number of pyridine rings is 1. The molecule has 0 amide bonds. The first-order valence-corrected chi connectivity index (χ1v) is 14.9. The number of fused-ring (bicyclic) bond motifs is 5. The fraction of sp³-hybridized carbons (Fsp3) is 0.158.